The first kappa shape index (κ1) is 11.7. The largest absolute Gasteiger partial charge is 0.389 e. The van der Waals surface area contributed by atoms with Crippen molar-refractivity contribution in [1.29, 1.82) is 0 Å². The number of nitrogens with two attached hydrogens (primary N) is 1. The number of rotatable bonds is 5. The second-order valence-corrected chi connectivity index (χ2v) is 5.36. The standard InChI is InChI=1S/C12H16N2S2/c1-16-10-4-2-3-9(11(10)12(13)15)14-7-8-5-6-8/h2-4,8,14H,5-7H2,1H3,(H2,13,15). The van der Waals surface area contributed by atoms with E-state index >= 15 is 0 Å². The average molecular weight is 252 g/mol. The van der Waals surface area contributed by atoms with Crippen LogP contribution < -0.4 is 11.1 Å². The van der Waals surface area contributed by atoms with Gasteiger partial charge in [-0.1, -0.05) is 18.3 Å². The molecule has 1 aromatic rings. The second kappa shape index (κ2) is 5.06. The van der Waals surface area contributed by atoms with Gasteiger partial charge in [-0.3, -0.25) is 0 Å². The summed E-state index contributed by atoms with van der Waals surface area (Å²) in [6.07, 6.45) is 4.73. The van der Waals surface area contributed by atoms with Gasteiger partial charge in [-0.05, 0) is 37.1 Å². The van der Waals surface area contributed by atoms with Gasteiger partial charge in [-0.25, -0.2) is 0 Å². The fraction of sp³-hybridized carbons (Fsp3) is 0.417. The molecule has 0 spiro atoms. The van der Waals surface area contributed by atoms with Gasteiger partial charge in [0.1, 0.15) is 4.99 Å². The van der Waals surface area contributed by atoms with Crippen molar-refractivity contribution >= 4 is 34.7 Å². The van der Waals surface area contributed by atoms with E-state index in [4.69, 9.17) is 18.0 Å². The topological polar surface area (TPSA) is 38.0 Å². The minimum Gasteiger partial charge on any atom is -0.389 e. The molecule has 0 bridgehead atoms. The molecule has 2 nitrogen and oxygen atoms in total. The van der Waals surface area contributed by atoms with E-state index < -0.39 is 0 Å². The molecule has 0 unspecified atom stereocenters. The summed E-state index contributed by atoms with van der Waals surface area (Å²) in [5.41, 5.74) is 7.86. The summed E-state index contributed by atoms with van der Waals surface area (Å²) in [5.74, 6) is 0.845. The van der Waals surface area contributed by atoms with Crippen LogP contribution in [0.5, 0.6) is 0 Å². The summed E-state index contributed by atoms with van der Waals surface area (Å²) in [6.45, 7) is 1.04. The second-order valence-electron chi connectivity index (χ2n) is 4.07. The number of hydrogen-bond acceptors (Lipinski definition) is 3. The number of thiocarbonyl (C=S) groups is 1. The summed E-state index contributed by atoms with van der Waals surface area (Å²) in [6, 6.07) is 6.15. The molecule has 0 heterocycles. The van der Waals surface area contributed by atoms with Crippen LogP contribution in [0.25, 0.3) is 0 Å². The maximum absolute atomic E-state index is 5.79. The summed E-state index contributed by atoms with van der Waals surface area (Å²) in [7, 11) is 0. The maximum Gasteiger partial charge on any atom is 0.107 e. The minimum absolute atomic E-state index is 0.475. The molecule has 3 N–H and O–H groups in total. The number of hydrogen-bond donors (Lipinski definition) is 2. The number of thioether (sulfide) groups is 1. The van der Waals surface area contributed by atoms with Crippen molar-refractivity contribution in [2.24, 2.45) is 11.7 Å². The number of benzene rings is 1. The van der Waals surface area contributed by atoms with Crippen molar-refractivity contribution in [3.05, 3.63) is 23.8 Å². The Morgan fingerprint density at radius 3 is 2.88 bits per heavy atom. The highest BCUT2D eigenvalue weighted by Crippen LogP contribution is 2.31. The highest BCUT2D eigenvalue weighted by Gasteiger charge is 2.21. The van der Waals surface area contributed by atoms with Crippen LogP contribution in [0.2, 0.25) is 0 Å². The lowest BCUT2D eigenvalue weighted by atomic mass is 10.1. The van der Waals surface area contributed by atoms with Crippen LogP contribution in [0, 0.1) is 5.92 Å². The monoisotopic (exact) mass is 252 g/mol. The van der Waals surface area contributed by atoms with Crippen molar-refractivity contribution < 1.29 is 0 Å². The van der Waals surface area contributed by atoms with Gasteiger partial charge < -0.3 is 11.1 Å². The summed E-state index contributed by atoms with van der Waals surface area (Å²) >= 11 is 6.80. The fourth-order valence-electron chi connectivity index (χ4n) is 1.68. The van der Waals surface area contributed by atoms with Crippen LogP contribution in [-0.2, 0) is 0 Å². The third kappa shape index (κ3) is 2.68. The third-order valence-electron chi connectivity index (χ3n) is 2.77. The molecule has 0 radical (unpaired) electrons. The first-order chi connectivity index (χ1) is 7.72. The lowest BCUT2D eigenvalue weighted by molar-refractivity contribution is 0.888. The van der Waals surface area contributed by atoms with Gasteiger partial charge in [0.15, 0.2) is 0 Å². The molecule has 0 saturated heterocycles. The molecule has 0 amide bonds. The summed E-state index contributed by atoms with van der Waals surface area (Å²) in [4.78, 5) is 1.62. The van der Waals surface area contributed by atoms with Crippen molar-refractivity contribution in [3.8, 4) is 0 Å². The van der Waals surface area contributed by atoms with Crippen LogP contribution in [0.3, 0.4) is 0 Å². The highest BCUT2D eigenvalue weighted by atomic mass is 32.2. The Labute approximate surface area is 106 Å². The van der Waals surface area contributed by atoms with E-state index in [-0.39, 0.29) is 0 Å². The third-order valence-corrected chi connectivity index (χ3v) is 3.75. The van der Waals surface area contributed by atoms with Crippen LogP contribution >= 0.6 is 24.0 Å². The Morgan fingerprint density at radius 1 is 1.56 bits per heavy atom. The average Bonchev–Trinajstić information content (AvgIpc) is 3.09. The minimum atomic E-state index is 0.475. The molecular formula is C12H16N2S2. The van der Waals surface area contributed by atoms with Gasteiger partial charge in [0.2, 0.25) is 0 Å². The number of anilines is 1. The molecule has 0 aliphatic heterocycles. The Kier molecular flexibility index (Phi) is 3.71. The van der Waals surface area contributed by atoms with Crippen molar-refractivity contribution in [2.45, 2.75) is 17.7 Å². The van der Waals surface area contributed by atoms with E-state index in [9.17, 15) is 0 Å². The van der Waals surface area contributed by atoms with E-state index in [0.29, 0.717) is 4.99 Å². The zero-order valence-corrected chi connectivity index (χ0v) is 11.0. The first-order valence-electron chi connectivity index (χ1n) is 5.43. The Hall–Kier alpha value is -0.740. The molecule has 1 aliphatic rings. The van der Waals surface area contributed by atoms with Crippen molar-refractivity contribution in [2.75, 3.05) is 18.1 Å². The van der Waals surface area contributed by atoms with Gasteiger partial charge >= 0.3 is 0 Å². The van der Waals surface area contributed by atoms with Gasteiger partial charge in [0.25, 0.3) is 0 Å². The molecule has 16 heavy (non-hydrogen) atoms. The molecular weight excluding hydrogens is 236 g/mol. The van der Waals surface area contributed by atoms with Crippen LogP contribution in [0.15, 0.2) is 23.1 Å². The van der Waals surface area contributed by atoms with E-state index in [1.165, 1.54) is 12.8 Å². The summed E-state index contributed by atoms with van der Waals surface area (Å²) < 4.78 is 0. The van der Waals surface area contributed by atoms with E-state index in [1.807, 2.05) is 12.3 Å². The maximum atomic E-state index is 5.79. The molecule has 1 aliphatic carbocycles. The molecule has 1 fully saturated rings. The summed E-state index contributed by atoms with van der Waals surface area (Å²) in [5, 5.41) is 3.45. The zero-order chi connectivity index (χ0) is 11.5. The highest BCUT2D eigenvalue weighted by molar-refractivity contribution is 7.98. The lowest BCUT2D eigenvalue weighted by Crippen LogP contribution is -2.15. The van der Waals surface area contributed by atoms with Crippen molar-refractivity contribution in [1.82, 2.24) is 0 Å². The molecule has 0 atom stereocenters. The van der Waals surface area contributed by atoms with Gasteiger partial charge in [0, 0.05) is 22.7 Å². The molecule has 1 saturated carbocycles. The predicted octanol–water partition coefficient (Wildman–Crippen LogP) is 2.86. The quantitative estimate of drug-likeness (QED) is 0.624. The smallest absolute Gasteiger partial charge is 0.107 e. The molecule has 4 heteroatoms. The SMILES string of the molecule is CSc1cccc(NCC2CC2)c1C(N)=S. The lowest BCUT2D eigenvalue weighted by Gasteiger charge is -2.13. The van der Waals surface area contributed by atoms with E-state index in [0.717, 1.165) is 28.6 Å². The fourth-order valence-corrected chi connectivity index (χ4v) is 2.60. The predicted molar refractivity (Wildman–Crippen MR) is 75.3 cm³/mol. The van der Waals surface area contributed by atoms with Gasteiger partial charge in [0.05, 0.1) is 0 Å². The molecule has 86 valence electrons. The van der Waals surface area contributed by atoms with E-state index in [2.05, 4.69) is 17.4 Å². The zero-order valence-electron chi connectivity index (χ0n) is 9.32. The first-order valence-corrected chi connectivity index (χ1v) is 7.06. The van der Waals surface area contributed by atoms with Gasteiger partial charge in [-0.15, -0.1) is 11.8 Å². The van der Waals surface area contributed by atoms with Crippen LogP contribution in [0.1, 0.15) is 18.4 Å². The van der Waals surface area contributed by atoms with Gasteiger partial charge in [-0.2, -0.15) is 0 Å². The Bertz CT molecular complexity index is 400. The Morgan fingerprint density at radius 2 is 2.31 bits per heavy atom. The van der Waals surface area contributed by atoms with Crippen molar-refractivity contribution in [3.63, 3.8) is 0 Å². The number of nitrogens with one attached hydrogen (secondary N) is 1. The Balaban J connectivity index is 2.22. The van der Waals surface area contributed by atoms with Crippen LogP contribution in [0.4, 0.5) is 5.69 Å². The van der Waals surface area contributed by atoms with Crippen LogP contribution in [-0.4, -0.2) is 17.8 Å². The molecule has 0 aromatic heterocycles. The molecule has 2 rings (SSSR count). The normalized spacial score (nSPS) is 14.8. The van der Waals surface area contributed by atoms with E-state index in [1.54, 1.807) is 11.8 Å². The molecule has 1 aromatic carbocycles.